The standard InChI is InChI=1S/C29H27NO3/c1-3-33-28-16-10-9-15-27(28)29(31)30(24-17-19-25(32-2)20-18-24)21-23-13-7-8-14-26(23)22-11-5-4-6-12-22/h4-20H,3,21H2,1-2H3. The lowest BCUT2D eigenvalue weighted by Gasteiger charge is -2.25. The average Bonchev–Trinajstić information content (AvgIpc) is 2.88. The lowest BCUT2D eigenvalue weighted by Crippen LogP contribution is -2.31. The van der Waals surface area contributed by atoms with E-state index in [4.69, 9.17) is 9.47 Å². The lowest BCUT2D eigenvalue weighted by atomic mass is 9.99. The van der Waals surface area contributed by atoms with E-state index in [0.29, 0.717) is 24.5 Å². The van der Waals surface area contributed by atoms with Crippen molar-refractivity contribution in [3.8, 4) is 22.6 Å². The van der Waals surface area contributed by atoms with Crippen LogP contribution in [0.3, 0.4) is 0 Å². The Morgan fingerprint density at radius 3 is 2.18 bits per heavy atom. The highest BCUT2D eigenvalue weighted by Gasteiger charge is 2.22. The summed E-state index contributed by atoms with van der Waals surface area (Å²) in [6, 6.07) is 33.4. The molecule has 0 saturated carbocycles. The normalized spacial score (nSPS) is 10.5. The van der Waals surface area contributed by atoms with Gasteiger partial charge in [-0.2, -0.15) is 0 Å². The van der Waals surface area contributed by atoms with Crippen LogP contribution in [-0.2, 0) is 6.54 Å². The quantitative estimate of drug-likeness (QED) is 0.311. The Morgan fingerprint density at radius 1 is 0.788 bits per heavy atom. The summed E-state index contributed by atoms with van der Waals surface area (Å²) < 4.78 is 11.1. The van der Waals surface area contributed by atoms with Gasteiger partial charge in [0.15, 0.2) is 0 Å². The van der Waals surface area contributed by atoms with Crippen LogP contribution in [0.4, 0.5) is 5.69 Å². The van der Waals surface area contributed by atoms with Gasteiger partial charge in [-0.25, -0.2) is 0 Å². The van der Waals surface area contributed by atoms with E-state index in [-0.39, 0.29) is 5.91 Å². The van der Waals surface area contributed by atoms with Crippen LogP contribution in [0.1, 0.15) is 22.8 Å². The predicted molar refractivity (Wildman–Crippen MR) is 133 cm³/mol. The van der Waals surface area contributed by atoms with E-state index < -0.39 is 0 Å². The number of carbonyl (C=O) groups excluding carboxylic acids is 1. The Hall–Kier alpha value is -4.05. The average molecular weight is 438 g/mol. The summed E-state index contributed by atoms with van der Waals surface area (Å²) in [5.41, 5.74) is 4.59. The number of hydrogen-bond acceptors (Lipinski definition) is 3. The van der Waals surface area contributed by atoms with Gasteiger partial charge in [-0.3, -0.25) is 4.79 Å². The summed E-state index contributed by atoms with van der Waals surface area (Å²) in [5.74, 6) is 1.21. The highest BCUT2D eigenvalue weighted by Crippen LogP contribution is 2.30. The molecule has 4 aromatic rings. The fourth-order valence-electron chi connectivity index (χ4n) is 3.84. The molecule has 0 bridgehead atoms. The zero-order valence-corrected chi connectivity index (χ0v) is 18.9. The first-order valence-corrected chi connectivity index (χ1v) is 11.0. The number of carbonyl (C=O) groups is 1. The second-order valence-electron chi connectivity index (χ2n) is 7.54. The van der Waals surface area contributed by atoms with Crippen LogP contribution in [0.15, 0.2) is 103 Å². The molecule has 0 aliphatic heterocycles. The molecule has 0 spiro atoms. The first-order chi connectivity index (χ1) is 16.2. The van der Waals surface area contributed by atoms with Crippen LogP contribution < -0.4 is 14.4 Å². The molecule has 33 heavy (non-hydrogen) atoms. The van der Waals surface area contributed by atoms with E-state index in [1.807, 2.05) is 85.8 Å². The lowest BCUT2D eigenvalue weighted by molar-refractivity contribution is 0.0981. The van der Waals surface area contributed by atoms with Crippen molar-refractivity contribution in [2.24, 2.45) is 0 Å². The van der Waals surface area contributed by atoms with Crippen LogP contribution >= 0.6 is 0 Å². The molecule has 4 rings (SSSR count). The zero-order valence-electron chi connectivity index (χ0n) is 18.9. The van der Waals surface area contributed by atoms with E-state index in [1.165, 1.54) is 0 Å². The van der Waals surface area contributed by atoms with E-state index in [0.717, 1.165) is 28.1 Å². The number of amides is 1. The van der Waals surface area contributed by atoms with Crippen molar-refractivity contribution in [2.45, 2.75) is 13.5 Å². The van der Waals surface area contributed by atoms with Crippen molar-refractivity contribution in [3.05, 3.63) is 114 Å². The Balaban J connectivity index is 1.77. The summed E-state index contributed by atoms with van der Waals surface area (Å²) in [6.45, 7) is 2.82. The van der Waals surface area contributed by atoms with Gasteiger partial charge in [-0.05, 0) is 60.0 Å². The molecule has 0 unspecified atom stereocenters. The number of ether oxygens (including phenoxy) is 2. The number of hydrogen-bond donors (Lipinski definition) is 0. The van der Waals surface area contributed by atoms with Gasteiger partial charge in [0.05, 0.1) is 25.8 Å². The molecule has 0 aromatic heterocycles. The van der Waals surface area contributed by atoms with Crippen molar-refractivity contribution in [2.75, 3.05) is 18.6 Å². The molecule has 4 heteroatoms. The number of methoxy groups -OCH3 is 1. The van der Waals surface area contributed by atoms with Crippen molar-refractivity contribution in [1.29, 1.82) is 0 Å². The molecule has 0 fully saturated rings. The summed E-state index contributed by atoms with van der Waals surface area (Å²) >= 11 is 0. The van der Waals surface area contributed by atoms with Crippen LogP contribution in [-0.4, -0.2) is 19.6 Å². The Labute approximate surface area is 195 Å². The Kier molecular flexibility index (Phi) is 7.06. The maximum Gasteiger partial charge on any atom is 0.262 e. The van der Waals surface area contributed by atoms with E-state index >= 15 is 0 Å². The fraction of sp³-hybridized carbons (Fsp3) is 0.138. The van der Waals surface area contributed by atoms with Gasteiger partial charge in [-0.1, -0.05) is 66.7 Å². The van der Waals surface area contributed by atoms with Crippen molar-refractivity contribution in [1.82, 2.24) is 0 Å². The molecular formula is C29H27NO3. The third-order valence-electron chi connectivity index (χ3n) is 5.48. The number of para-hydroxylation sites is 1. The molecule has 0 aliphatic rings. The monoisotopic (exact) mass is 437 g/mol. The molecule has 4 aromatic carbocycles. The second kappa shape index (κ2) is 10.5. The van der Waals surface area contributed by atoms with Crippen LogP contribution in [0.5, 0.6) is 11.5 Å². The first kappa shape index (κ1) is 22.2. The summed E-state index contributed by atoms with van der Waals surface area (Å²) in [7, 11) is 1.63. The highest BCUT2D eigenvalue weighted by molar-refractivity contribution is 6.08. The van der Waals surface area contributed by atoms with Gasteiger partial charge in [0.1, 0.15) is 11.5 Å². The molecule has 0 atom stereocenters. The molecular weight excluding hydrogens is 410 g/mol. The Bertz CT molecular complexity index is 1200. The van der Waals surface area contributed by atoms with Crippen LogP contribution in [0.25, 0.3) is 11.1 Å². The number of rotatable bonds is 8. The maximum absolute atomic E-state index is 13.9. The third-order valence-corrected chi connectivity index (χ3v) is 5.48. The zero-order chi connectivity index (χ0) is 23.0. The minimum Gasteiger partial charge on any atom is -0.497 e. The number of anilines is 1. The van der Waals surface area contributed by atoms with Gasteiger partial charge < -0.3 is 14.4 Å². The topological polar surface area (TPSA) is 38.8 Å². The van der Waals surface area contributed by atoms with E-state index in [2.05, 4.69) is 24.3 Å². The molecule has 4 nitrogen and oxygen atoms in total. The minimum atomic E-state index is -0.118. The van der Waals surface area contributed by atoms with Gasteiger partial charge in [0.2, 0.25) is 0 Å². The molecule has 1 amide bonds. The summed E-state index contributed by atoms with van der Waals surface area (Å²) in [5, 5.41) is 0. The third kappa shape index (κ3) is 5.07. The van der Waals surface area contributed by atoms with Crippen LogP contribution in [0.2, 0.25) is 0 Å². The summed E-state index contributed by atoms with van der Waals surface area (Å²) in [6.07, 6.45) is 0. The minimum absolute atomic E-state index is 0.118. The second-order valence-corrected chi connectivity index (χ2v) is 7.54. The van der Waals surface area contributed by atoms with Gasteiger partial charge in [0.25, 0.3) is 5.91 Å². The largest absolute Gasteiger partial charge is 0.497 e. The first-order valence-electron chi connectivity index (χ1n) is 11.0. The van der Waals surface area contributed by atoms with Gasteiger partial charge >= 0.3 is 0 Å². The highest BCUT2D eigenvalue weighted by atomic mass is 16.5. The SMILES string of the molecule is CCOc1ccccc1C(=O)N(Cc1ccccc1-c1ccccc1)c1ccc(OC)cc1. The van der Waals surface area contributed by atoms with Crippen LogP contribution in [0, 0.1) is 0 Å². The van der Waals surface area contributed by atoms with Crippen molar-refractivity contribution >= 4 is 11.6 Å². The smallest absolute Gasteiger partial charge is 0.262 e. The van der Waals surface area contributed by atoms with Gasteiger partial charge in [-0.15, -0.1) is 0 Å². The molecule has 0 aliphatic carbocycles. The summed E-state index contributed by atoms with van der Waals surface area (Å²) in [4.78, 5) is 15.7. The Morgan fingerprint density at radius 2 is 1.45 bits per heavy atom. The predicted octanol–water partition coefficient (Wildman–Crippen LogP) is 6.61. The van der Waals surface area contributed by atoms with E-state index in [9.17, 15) is 4.79 Å². The van der Waals surface area contributed by atoms with Gasteiger partial charge in [0, 0.05) is 5.69 Å². The van der Waals surface area contributed by atoms with E-state index in [1.54, 1.807) is 12.0 Å². The molecule has 0 radical (unpaired) electrons. The van der Waals surface area contributed by atoms with Crippen molar-refractivity contribution < 1.29 is 14.3 Å². The fourth-order valence-corrected chi connectivity index (χ4v) is 3.84. The maximum atomic E-state index is 13.9. The number of benzene rings is 4. The van der Waals surface area contributed by atoms with Crippen molar-refractivity contribution in [3.63, 3.8) is 0 Å². The molecule has 0 saturated heterocycles. The molecule has 166 valence electrons. The molecule has 0 heterocycles. The number of nitrogens with zero attached hydrogens (tertiary/aromatic N) is 1. The molecule has 0 N–H and O–H groups in total.